The molecule has 1 aromatic heterocycles. The number of nitrogens with one attached hydrogen (secondary N) is 2. The average Bonchev–Trinajstić information content (AvgIpc) is 2.68. The summed E-state index contributed by atoms with van der Waals surface area (Å²) in [7, 11) is 1.63. The number of nitrogens with zero attached hydrogens (tertiary/aromatic N) is 1. The number of benzene rings is 1. The number of rotatable bonds is 7. The molecule has 6 nitrogen and oxygen atoms in total. The Hall–Kier alpha value is -2.31. The number of aromatic nitrogens is 1. The van der Waals surface area contributed by atoms with Crippen molar-refractivity contribution >= 4 is 5.82 Å². The number of aromatic amines is 1. The summed E-state index contributed by atoms with van der Waals surface area (Å²) in [4.78, 5) is 7.04. The Balaban J connectivity index is 1.41. The molecule has 1 saturated heterocycles. The van der Waals surface area contributed by atoms with Crippen molar-refractivity contribution in [3.8, 4) is 11.5 Å². The fourth-order valence-electron chi connectivity index (χ4n) is 3.12. The third-order valence-electron chi connectivity index (χ3n) is 4.51. The van der Waals surface area contributed by atoms with E-state index in [1.807, 2.05) is 42.6 Å². The molecule has 1 fully saturated rings. The van der Waals surface area contributed by atoms with Gasteiger partial charge in [-0.05, 0) is 18.2 Å². The van der Waals surface area contributed by atoms with Crippen molar-refractivity contribution in [2.45, 2.75) is 6.10 Å². The van der Waals surface area contributed by atoms with Gasteiger partial charge in [0.15, 0.2) is 0 Å². The maximum atomic E-state index is 10.3. The maximum Gasteiger partial charge on any atom is 0.274 e. The number of quaternary nitrogens is 1. The number of H-pyrrole nitrogens is 1. The van der Waals surface area contributed by atoms with Crippen LogP contribution in [-0.2, 0) is 0 Å². The zero-order chi connectivity index (χ0) is 17.5. The summed E-state index contributed by atoms with van der Waals surface area (Å²) in [6.45, 7) is 5.00. The predicted molar refractivity (Wildman–Crippen MR) is 95.3 cm³/mol. The second-order valence-corrected chi connectivity index (χ2v) is 6.33. The van der Waals surface area contributed by atoms with E-state index < -0.39 is 6.10 Å². The molecule has 3 N–H and O–H groups in total. The van der Waals surface area contributed by atoms with Gasteiger partial charge < -0.3 is 19.5 Å². The molecule has 1 aliphatic heterocycles. The van der Waals surface area contributed by atoms with E-state index in [9.17, 15) is 5.11 Å². The fraction of sp³-hybridized carbons (Fsp3) is 0.421. The molecule has 1 aliphatic rings. The zero-order valence-electron chi connectivity index (χ0n) is 14.6. The molecule has 0 aliphatic carbocycles. The number of aliphatic hydroxyl groups is 1. The second-order valence-electron chi connectivity index (χ2n) is 6.33. The third-order valence-corrected chi connectivity index (χ3v) is 4.51. The molecule has 6 heteroatoms. The van der Waals surface area contributed by atoms with Crippen LogP contribution in [0.5, 0.6) is 11.5 Å². The largest absolute Gasteiger partial charge is 0.497 e. The van der Waals surface area contributed by atoms with Gasteiger partial charge in [0.05, 0.1) is 13.3 Å². The van der Waals surface area contributed by atoms with Crippen molar-refractivity contribution in [1.29, 1.82) is 0 Å². The van der Waals surface area contributed by atoms with E-state index in [0.717, 1.165) is 43.5 Å². The van der Waals surface area contributed by atoms with Gasteiger partial charge in [-0.2, -0.15) is 0 Å². The number of aliphatic hydroxyl groups excluding tert-OH is 1. The highest BCUT2D eigenvalue weighted by Crippen LogP contribution is 2.18. The van der Waals surface area contributed by atoms with E-state index in [-0.39, 0.29) is 0 Å². The fourth-order valence-corrected chi connectivity index (χ4v) is 3.12. The molecule has 1 aromatic carbocycles. The molecule has 2 heterocycles. The molecule has 0 amide bonds. The second kappa shape index (κ2) is 8.69. The highest BCUT2D eigenvalue weighted by Gasteiger charge is 2.27. The van der Waals surface area contributed by atoms with Crippen LogP contribution >= 0.6 is 0 Å². The van der Waals surface area contributed by atoms with Crippen LogP contribution in [0.25, 0.3) is 0 Å². The van der Waals surface area contributed by atoms with Gasteiger partial charge in [0.25, 0.3) is 5.82 Å². The van der Waals surface area contributed by atoms with E-state index in [1.54, 1.807) is 7.11 Å². The lowest BCUT2D eigenvalue weighted by atomic mass is 10.2. The molecule has 0 spiro atoms. The van der Waals surface area contributed by atoms with Crippen LogP contribution in [0, 0.1) is 0 Å². The van der Waals surface area contributed by atoms with Crippen LogP contribution in [0.4, 0.5) is 5.82 Å². The Morgan fingerprint density at radius 2 is 1.96 bits per heavy atom. The quantitative estimate of drug-likeness (QED) is 0.720. The normalized spacial score (nSPS) is 16.5. The Labute approximate surface area is 148 Å². The number of ether oxygens (including phenoxy) is 2. The van der Waals surface area contributed by atoms with E-state index >= 15 is 0 Å². The van der Waals surface area contributed by atoms with Gasteiger partial charge in [-0.15, -0.1) is 0 Å². The summed E-state index contributed by atoms with van der Waals surface area (Å²) in [5.41, 5.74) is 0. The van der Waals surface area contributed by atoms with Crippen molar-refractivity contribution in [3.05, 3.63) is 48.7 Å². The highest BCUT2D eigenvalue weighted by atomic mass is 16.5. The van der Waals surface area contributed by atoms with E-state index in [1.165, 1.54) is 4.90 Å². The summed E-state index contributed by atoms with van der Waals surface area (Å²) in [5.74, 6) is 2.63. The molecule has 134 valence electrons. The van der Waals surface area contributed by atoms with Crippen LogP contribution in [0.15, 0.2) is 48.7 Å². The molecule has 1 atom stereocenters. The lowest BCUT2D eigenvalue weighted by Gasteiger charge is -2.29. The molecule has 25 heavy (non-hydrogen) atoms. The summed E-state index contributed by atoms with van der Waals surface area (Å²) in [6, 6.07) is 13.6. The summed E-state index contributed by atoms with van der Waals surface area (Å²) >= 11 is 0. The van der Waals surface area contributed by atoms with Crippen LogP contribution < -0.4 is 24.3 Å². The standard InChI is InChI=1S/C19H25N3O3/c1-24-17-5-4-6-18(13-17)25-15-16(23)14-21-9-11-22(12-10-21)19-7-2-3-8-20-19/h2-8,13,16,23H,9-12,14-15H2,1H3/p+2. The molecule has 2 aromatic rings. The third kappa shape index (κ3) is 5.08. The SMILES string of the molecule is COc1cccc(OCC(O)C[NH+]2CCN(c3cccc[nH+]3)CC2)c1. The number of piperazine rings is 1. The number of hydrogen-bond donors (Lipinski definition) is 2. The smallest absolute Gasteiger partial charge is 0.274 e. The summed E-state index contributed by atoms with van der Waals surface area (Å²) in [6.07, 6.45) is 1.48. The lowest BCUT2D eigenvalue weighted by molar-refractivity contribution is -0.903. The Kier molecular flexibility index (Phi) is 6.09. The molecular weight excluding hydrogens is 318 g/mol. The van der Waals surface area contributed by atoms with Crippen molar-refractivity contribution in [3.63, 3.8) is 0 Å². The summed E-state index contributed by atoms with van der Waals surface area (Å²) in [5, 5.41) is 10.3. The van der Waals surface area contributed by atoms with E-state index in [0.29, 0.717) is 13.2 Å². The Morgan fingerprint density at radius 1 is 1.16 bits per heavy atom. The monoisotopic (exact) mass is 345 g/mol. The molecule has 3 rings (SSSR count). The molecular formula is C19H27N3O3+2. The number of hydrogen-bond acceptors (Lipinski definition) is 4. The van der Waals surface area contributed by atoms with Crippen LogP contribution in [-0.4, -0.2) is 57.7 Å². The van der Waals surface area contributed by atoms with Crippen molar-refractivity contribution in [2.24, 2.45) is 0 Å². The molecule has 0 bridgehead atoms. The Bertz CT molecular complexity index is 645. The van der Waals surface area contributed by atoms with Crippen molar-refractivity contribution < 1.29 is 24.5 Å². The van der Waals surface area contributed by atoms with Gasteiger partial charge in [-0.1, -0.05) is 12.1 Å². The molecule has 0 saturated carbocycles. The predicted octanol–water partition coefficient (Wildman–Crippen LogP) is -0.346. The minimum absolute atomic E-state index is 0.298. The van der Waals surface area contributed by atoms with Gasteiger partial charge in [-0.25, -0.2) is 4.98 Å². The molecule has 1 unspecified atom stereocenters. The van der Waals surface area contributed by atoms with Crippen LogP contribution in [0.1, 0.15) is 0 Å². The first-order valence-corrected chi connectivity index (χ1v) is 8.75. The van der Waals surface area contributed by atoms with Crippen molar-refractivity contribution in [1.82, 2.24) is 0 Å². The first-order valence-electron chi connectivity index (χ1n) is 8.75. The van der Waals surface area contributed by atoms with E-state index in [4.69, 9.17) is 9.47 Å². The van der Waals surface area contributed by atoms with Crippen LogP contribution in [0.2, 0.25) is 0 Å². The Morgan fingerprint density at radius 3 is 2.68 bits per heavy atom. The number of anilines is 1. The number of methoxy groups -OCH3 is 1. The van der Waals surface area contributed by atoms with Gasteiger partial charge >= 0.3 is 0 Å². The van der Waals surface area contributed by atoms with Crippen LogP contribution in [0.3, 0.4) is 0 Å². The zero-order valence-corrected chi connectivity index (χ0v) is 14.6. The first-order chi connectivity index (χ1) is 12.2. The highest BCUT2D eigenvalue weighted by molar-refractivity contribution is 5.33. The summed E-state index contributed by atoms with van der Waals surface area (Å²) < 4.78 is 10.9. The van der Waals surface area contributed by atoms with Gasteiger partial charge in [0.2, 0.25) is 0 Å². The first kappa shape index (κ1) is 17.5. The maximum absolute atomic E-state index is 10.3. The van der Waals surface area contributed by atoms with Crippen molar-refractivity contribution in [2.75, 3.05) is 51.3 Å². The minimum Gasteiger partial charge on any atom is -0.497 e. The minimum atomic E-state index is -0.476. The number of pyridine rings is 1. The topological polar surface area (TPSA) is 60.5 Å². The molecule has 0 radical (unpaired) electrons. The van der Waals surface area contributed by atoms with E-state index in [2.05, 4.69) is 16.0 Å². The van der Waals surface area contributed by atoms with Gasteiger partial charge in [0.1, 0.15) is 56.9 Å². The van der Waals surface area contributed by atoms with Gasteiger partial charge in [-0.3, -0.25) is 4.90 Å². The van der Waals surface area contributed by atoms with Gasteiger partial charge in [0, 0.05) is 12.1 Å². The lowest BCUT2D eigenvalue weighted by Crippen LogP contribution is -3.16. The average molecular weight is 345 g/mol.